The normalized spacial score (nSPS) is 13.0. The Morgan fingerprint density at radius 3 is 2.53 bits per heavy atom. The topological polar surface area (TPSA) is 84.5 Å². The fourth-order valence-electron chi connectivity index (χ4n) is 3.48. The van der Waals surface area contributed by atoms with Crippen LogP contribution in [0, 0.1) is 5.82 Å². The van der Waals surface area contributed by atoms with Crippen molar-refractivity contribution < 1.29 is 18.7 Å². The van der Waals surface area contributed by atoms with Crippen LogP contribution in [0.5, 0.6) is 11.5 Å². The Morgan fingerprint density at radius 1 is 1.13 bits per heavy atom. The van der Waals surface area contributed by atoms with Gasteiger partial charge in [0.25, 0.3) is 11.5 Å². The fourth-order valence-corrected chi connectivity index (χ4v) is 3.48. The van der Waals surface area contributed by atoms with Crippen LogP contribution in [-0.2, 0) is 13.0 Å². The minimum Gasteiger partial charge on any atom is -0.497 e. The minimum absolute atomic E-state index is 0.138. The number of aromatic nitrogens is 2. The lowest BCUT2D eigenvalue weighted by Crippen LogP contribution is -2.39. The van der Waals surface area contributed by atoms with Gasteiger partial charge in [0.05, 0.1) is 32.0 Å². The zero-order chi connectivity index (χ0) is 21.3. The van der Waals surface area contributed by atoms with Gasteiger partial charge in [-0.15, -0.1) is 0 Å². The molecule has 0 radical (unpaired) electrons. The number of ether oxygens (including phenoxy) is 2. The number of nitrogens with zero attached hydrogens (tertiary/aromatic N) is 2. The van der Waals surface area contributed by atoms with Crippen molar-refractivity contribution in [2.75, 3.05) is 20.8 Å². The van der Waals surface area contributed by atoms with E-state index >= 15 is 0 Å². The van der Waals surface area contributed by atoms with E-state index in [-0.39, 0.29) is 18.0 Å². The van der Waals surface area contributed by atoms with E-state index in [2.05, 4.69) is 9.97 Å². The maximum atomic E-state index is 13.5. The van der Waals surface area contributed by atoms with Gasteiger partial charge in [0, 0.05) is 30.2 Å². The highest BCUT2D eigenvalue weighted by molar-refractivity contribution is 5.95. The SMILES string of the molecule is COc1cc(OC)cc(C(=O)N2CCc3nc(-c4cccc(F)c4)[nH]c(=O)c3C2)c1. The van der Waals surface area contributed by atoms with E-state index in [1.807, 2.05) is 0 Å². The average molecular weight is 409 g/mol. The molecule has 1 aliphatic heterocycles. The first-order valence-electron chi connectivity index (χ1n) is 9.39. The van der Waals surface area contributed by atoms with E-state index in [9.17, 15) is 14.0 Å². The Hall–Kier alpha value is -3.68. The number of fused-ring (bicyclic) bond motifs is 1. The number of benzene rings is 2. The molecule has 2 heterocycles. The van der Waals surface area contributed by atoms with E-state index in [4.69, 9.17) is 9.47 Å². The number of hydrogen-bond donors (Lipinski definition) is 1. The summed E-state index contributed by atoms with van der Waals surface area (Å²) in [6.45, 7) is 0.545. The molecule has 0 aliphatic carbocycles. The van der Waals surface area contributed by atoms with Gasteiger partial charge >= 0.3 is 0 Å². The lowest BCUT2D eigenvalue weighted by Gasteiger charge is -2.28. The molecule has 1 aromatic heterocycles. The molecular weight excluding hydrogens is 389 g/mol. The van der Waals surface area contributed by atoms with Crippen molar-refractivity contribution >= 4 is 5.91 Å². The van der Waals surface area contributed by atoms with Crippen molar-refractivity contribution in [2.24, 2.45) is 0 Å². The van der Waals surface area contributed by atoms with Gasteiger partial charge in [-0.1, -0.05) is 12.1 Å². The third-order valence-corrected chi connectivity index (χ3v) is 5.05. The maximum absolute atomic E-state index is 13.5. The van der Waals surface area contributed by atoms with E-state index in [0.29, 0.717) is 52.7 Å². The third kappa shape index (κ3) is 3.76. The van der Waals surface area contributed by atoms with Gasteiger partial charge in [0.1, 0.15) is 23.1 Å². The van der Waals surface area contributed by atoms with Crippen molar-refractivity contribution in [3.05, 3.63) is 75.5 Å². The lowest BCUT2D eigenvalue weighted by molar-refractivity contribution is 0.0732. The van der Waals surface area contributed by atoms with Gasteiger partial charge in [-0.2, -0.15) is 0 Å². The minimum atomic E-state index is -0.404. The Morgan fingerprint density at radius 2 is 1.87 bits per heavy atom. The van der Waals surface area contributed by atoms with Crippen LogP contribution in [0.4, 0.5) is 4.39 Å². The molecule has 0 atom stereocenters. The number of amides is 1. The van der Waals surface area contributed by atoms with Gasteiger partial charge in [-0.3, -0.25) is 9.59 Å². The zero-order valence-electron chi connectivity index (χ0n) is 16.6. The molecule has 2 aromatic carbocycles. The molecule has 0 spiro atoms. The second-order valence-electron chi connectivity index (χ2n) is 6.93. The number of H-pyrrole nitrogens is 1. The molecule has 0 fully saturated rings. The van der Waals surface area contributed by atoms with Gasteiger partial charge in [0.15, 0.2) is 0 Å². The molecule has 7 nitrogen and oxygen atoms in total. The number of rotatable bonds is 4. The average Bonchev–Trinajstić information content (AvgIpc) is 2.77. The van der Waals surface area contributed by atoms with Crippen molar-refractivity contribution in [3.63, 3.8) is 0 Å². The van der Waals surface area contributed by atoms with Crippen LogP contribution in [0.1, 0.15) is 21.6 Å². The summed E-state index contributed by atoms with van der Waals surface area (Å²) in [6.07, 6.45) is 0.425. The van der Waals surface area contributed by atoms with E-state index in [1.54, 1.807) is 35.2 Å². The Kier molecular flexibility index (Phi) is 5.22. The van der Waals surface area contributed by atoms with Crippen LogP contribution >= 0.6 is 0 Å². The summed E-state index contributed by atoms with van der Waals surface area (Å²) in [6, 6.07) is 10.8. The molecule has 3 aromatic rings. The third-order valence-electron chi connectivity index (χ3n) is 5.05. The first-order chi connectivity index (χ1) is 14.5. The highest BCUT2D eigenvalue weighted by Crippen LogP contribution is 2.25. The smallest absolute Gasteiger partial charge is 0.256 e. The summed E-state index contributed by atoms with van der Waals surface area (Å²) in [5.74, 6) is 0.698. The lowest BCUT2D eigenvalue weighted by atomic mass is 10.0. The zero-order valence-corrected chi connectivity index (χ0v) is 16.6. The molecule has 1 aliphatic rings. The van der Waals surface area contributed by atoms with Gasteiger partial charge < -0.3 is 19.4 Å². The van der Waals surface area contributed by atoms with Gasteiger partial charge in [-0.05, 0) is 24.3 Å². The van der Waals surface area contributed by atoms with Crippen LogP contribution in [-0.4, -0.2) is 41.5 Å². The summed E-state index contributed by atoms with van der Waals surface area (Å²) >= 11 is 0. The molecule has 154 valence electrons. The summed E-state index contributed by atoms with van der Waals surface area (Å²) < 4.78 is 24.0. The number of carbonyl (C=O) groups excluding carboxylic acids is 1. The number of halogens is 1. The Bertz CT molecular complexity index is 1150. The van der Waals surface area contributed by atoms with Crippen LogP contribution in [0.15, 0.2) is 47.3 Å². The summed E-state index contributed by atoms with van der Waals surface area (Å²) in [4.78, 5) is 34.5. The number of methoxy groups -OCH3 is 2. The molecule has 4 rings (SSSR count). The van der Waals surface area contributed by atoms with Gasteiger partial charge in [0.2, 0.25) is 0 Å². The molecule has 0 bridgehead atoms. The van der Waals surface area contributed by atoms with Gasteiger partial charge in [-0.25, -0.2) is 9.37 Å². The highest BCUT2D eigenvalue weighted by atomic mass is 19.1. The number of hydrogen-bond acceptors (Lipinski definition) is 5. The fraction of sp³-hybridized carbons (Fsp3) is 0.227. The van der Waals surface area contributed by atoms with Crippen molar-refractivity contribution in [2.45, 2.75) is 13.0 Å². The standard InChI is InChI=1S/C22H20FN3O4/c1-29-16-9-14(10-17(11-16)30-2)22(28)26-7-6-19-18(12-26)21(27)25-20(24-19)13-4-3-5-15(23)8-13/h3-5,8-11H,6-7,12H2,1-2H3,(H,24,25,27). The second-order valence-corrected chi connectivity index (χ2v) is 6.93. The Balaban J connectivity index is 1.63. The maximum Gasteiger partial charge on any atom is 0.256 e. The molecule has 8 heteroatoms. The number of nitrogens with one attached hydrogen (secondary N) is 1. The predicted molar refractivity (Wildman–Crippen MR) is 108 cm³/mol. The summed E-state index contributed by atoms with van der Waals surface area (Å²) in [5, 5.41) is 0. The summed E-state index contributed by atoms with van der Waals surface area (Å²) in [5.41, 5.74) is 1.63. The molecule has 0 saturated carbocycles. The quantitative estimate of drug-likeness (QED) is 0.716. The Labute approximate surface area is 172 Å². The van der Waals surface area contributed by atoms with Crippen molar-refractivity contribution in [1.29, 1.82) is 0 Å². The van der Waals surface area contributed by atoms with Crippen molar-refractivity contribution in [1.82, 2.24) is 14.9 Å². The monoisotopic (exact) mass is 409 g/mol. The van der Waals surface area contributed by atoms with E-state index in [0.717, 1.165) is 0 Å². The molecule has 1 amide bonds. The largest absolute Gasteiger partial charge is 0.497 e. The highest BCUT2D eigenvalue weighted by Gasteiger charge is 2.26. The van der Waals surface area contributed by atoms with Crippen LogP contribution < -0.4 is 15.0 Å². The van der Waals surface area contributed by atoms with E-state index < -0.39 is 5.82 Å². The predicted octanol–water partition coefficient (Wildman–Crippen LogP) is 2.79. The molecular formula is C22H20FN3O4. The second kappa shape index (κ2) is 7.98. The molecule has 30 heavy (non-hydrogen) atoms. The number of carbonyl (C=O) groups is 1. The first kappa shape index (κ1) is 19.6. The molecule has 0 unspecified atom stereocenters. The van der Waals surface area contributed by atoms with Crippen LogP contribution in [0.25, 0.3) is 11.4 Å². The first-order valence-corrected chi connectivity index (χ1v) is 9.39. The van der Waals surface area contributed by atoms with Crippen molar-refractivity contribution in [3.8, 4) is 22.9 Å². The van der Waals surface area contributed by atoms with Crippen LogP contribution in [0.3, 0.4) is 0 Å². The van der Waals surface area contributed by atoms with E-state index in [1.165, 1.54) is 26.4 Å². The van der Waals surface area contributed by atoms with Crippen LogP contribution in [0.2, 0.25) is 0 Å². The summed E-state index contributed by atoms with van der Waals surface area (Å²) in [7, 11) is 3.03. The molecule has 1 N–H and O–H groups in total. The number of aromatic amines is 1. The molecule has 0 saturated heterocycles.